The van der Waals surface area contributed by atoms with Gasteiger partial charge in [-0.2, -0.15) is 0 Å². The number of benzene rings is 3. The highest BCUT2D eigenvalue weighted by atomic mass is 79.9. The van der Waals surface area contributed by atoms with Gasteiger partial charge in [-0.05, 0) is 54.6 Å². The molecule has 3 aromatic carbocycles. The molecule has 2 N–H and O–H groups in total. The van der Waals surface area contributed by atoms with Crippen LogP contribution in [0.4, 0.5) is 21.9 Å². The van der Waals surface area contributed by atoms with E-state index in [1.54, 1.807) is 55.6 Å². The molecule has 0 unspecified atom stereocenters. The maximum atomic E-state index is 12.5. The Labute approximate surface area is 172 Å². The van der Waals surface area contributed by atoms with Gasteiger partial charge in [0.15, 0.2) is 0 Å². The summed E-state index contributed by atoms with van der Waals surface area (Å²) in [6.45, 7) is 0. The number of rotatable bonds is 5. The summed E-state index contributed by atoms with van der Waals surface area (Å²) in [6.07, 6.45) is 0. The Morgan fingerprint density at radius 3 is 2.21 bits per heavy atom. The van der Waals surface area contributed by atoms with E-state index in [-0.39, 0.29) is 10.9 Å². The van der Waals surface area contributed by atoms with Crippen LogP contribution in [-0.2, 0) is 10.0 Å². The number of hydrogen-bond acceptors (Lipinski definition) is 3. The molecule has 0 aromatic heterocycles. The fourth-order valence-corrected chi connectivity index (χ4v) is 4.10. The van der Waals surface area contributed by atoms with E-state index in [1.807, 2.05) is 18.2 Å². The lowest BCUT2D eigenvalue weighted by molar-refractivity contribution is 0.258. The first-order valence-electron chi connectivity index (χ1n) is 8.33. The van der Waals surface area contributed by atoms with Gasteiger partial charge in [0.25, 0.3) is 10.0 Å². The van der Waals surface area contributed by atoms with Crippen molar-refractivity contribution in [3.05, 3.63) is 83.3 Å². The molecule has 0 saturated carbocycles. The van der Waals surface area contributed by atoms with Gasteiger partial charge in [0.05, 0.1) is 4.90 Å². The number of hydrogen-bond donors (Lipinski definition) is 2. The molecule has 2 amide bonds. The van der Waals surface area contributed by atoms with E-state index in [2.05, 4.69) is 26.0 Å². The molecular formula is C20H18BrN3O3S. The van der Waals surface area contributed by atoms with Crippen LogP contribution in [0.2, 0.25) is 0 Å². The van der Waals surface area contributed by atoms with E-state index < -0.39 is 10.0 Å². The first kappa shape index (κ1) is 19.9. The van der Waals surface area contributed by atoms with Gasteiger partial charge in [-0.1, -0.05) is 40.2 Å². The number of amides is 2. The summed E-state index contributed by atoms with van der Waals surface area (Å²) in [6, 6.07) is 21.8. The standard InChI is InChI=1S/C20H18BrN3O3S/c1-24(20(25)22-16-7-3-2-4-8-16)18-12-10-17(11-13-18)23-28(26,27)19-9-5-6-15(21)14-19/h2-14,23H,1H3,(H,22,25). The summed E-state index contributed by atoms with van der Waals surface area (Å²) in [5.41, 5.74) is 1.72. The summed E-state index contributed by atoms with van der Waals surface area (Å²) in [4.78, 5) is 13.9. The fraction of sp³-hybridized carbons (Fsp3) is 0.0500. The third-order valence-electron chi connectivity index (χ3n) is 3.94. The van der Waals surface area contributed by atoms with Crippen LogP contribution >= 0.6 is 15.9 Å². The van der Waals surface area contributed by atoms with Gasteiger partial charge in [-0.15, -0.1) is 0 Å². The van der Waals surface area contributed by atoms with Crippen molar-refractivity contribution >= 4 is 49.0 Å². The highest BCUT2D eigenvalue weighted by molar-refractivity contribution is 9.10. The summed E-state index contributed by atoms with van der Waals surface area (Å²) < 4.78 is 28.2. The Morgan fingerprint density at radius 1 is 0.893 bits per heavy atom. The number of carbonyl (C=O) groups excluding carboxylic acids is 1. The number of para-hydroxylation sites is 1. The predicted molar refractivity (Wildman–Crippen MR) is 115 cm³/mol. The summed E-state index contributed by atoms with van der Waals surface area (Å²) in [5, 5.41) is 2.79. The lowest BCUT2D eigenvalue weighted by Gasteiger charge is -2.18. The van der Waals surface area contributed by atoms with E-state index in [9.17, 15) is 13.2 Å². The van der Waals surface area contributed by atoms with Gasteiger partial charge < -0.3 is 5.32 Å². The van der Waals surface area contributed by atoms with E-state index in [0.29, 0.717) is 21.5 Å². The van der Waals surface area contributed by atoms with Crippen LogP contribution < -0.4 is 14.9 Å². The average Bonchev–Trinajstić information content (AvgIpc) is 2.68. The molecule has 0 aliphatic rings. The number of carbonyl (C=O) groups is 1. The maximum Gasteiger partial charge on any atom is 0.326 e. The second kappa shape index (κ2) is 8.45. The Hall–Kier alpha value is -2.84. The summed E-state index contributed by atoms with van der Waals surface area (Å²) in [7, 11) is -2.06. The molecule has 0 saturated heterocycles. The van der Waals surface area contributed by atoms with Crippen molar-refractivity contribution in [2.75, 3.05) is 22.0 Å². The molecule has 3 rings (SSSR count). The maximum absolute atomic E-state index is 12.5. The van der Waals surface area contributed by atoms with E-state index >= 15 is 0 Å². The highest BCUT2D eigenvalue weighted by Gasteiger charge is 2.15. The van der Waals surface area contributed by atoms with Crippen molar-refractivity contribution in [2.45, 2.75) is 4.90 Å². The first-order valence-corrected chi connectivity index (χ1v) is 10.6. The number of sulfonamides is 1. The van der Waals surface area contributed by atoms with Gasteiger partial charge in [-0.3, -0.25) is 9.62 Å². The number of halogens is 1. The molecule has 0 fully saturated rings. The van der Waals surface area contributed by atoms with Crippen LogP contribution in [0.3, 0.4) is 0 Å². The normalized spacial score (nSPS) is 10.9. The highest BCUT2D eigenvalue weighted by Crippen LogP contribution is 2.22. The van der Waals surface area contributed by atoms with Crippen LogP contribution in [0.25, 0.3) is 0 Å². The Kier molecular flexibility index (Phi) is 6.01. The topological polar surface area (TPSA) is 78.5 Å². The molecule has 3 aromatic rings. The SMILES string of the molecule is CN(C(=O)Nc1ccccc1)c1ccc(NS(=O)(=O)c2cccc(Br)c2)cc1. The molecule has 0 heterocycles. The van der Waals surface area contributed by atoms with Crippen molar-refractivity contribution < 1.29 is 13.2 Å². The van der Waals surface area contributed by atoms with Gasteiger partial charge in [0.1, 0.15) is 0 Å². The first-order chi connectivity index (χ1) is 13.3. The molecule has 6 nitrogen and oxygen atoms in total. The zero-order valence-corrected chi connectivity index (χ0v) is 17.4. The third-order valence-corrected chi connectivity index (χ3v) is 5.82. The molecule has 0 radical (unpaired) electrons. The van der Waals surface area contributed by atoms with Crippen molar-refractivity contribution in [3.63, 3.8) is 0 Å². The van der Waals surface area contributed by atoms with Crippen LogP contribution in [0.1, 0.15) is 0 Å². The van der Waals surface area contributed by atoms with Gasteiger partial charge in [-0.25, -0.2) is 13.2 Å². The zero-order chi connectivity index (χ0) is 20.1. The predicted octanol–water partition coefficient (Wildman–Crippen LogP) is 4.92. The second-order valence-electron chi connectivity index (χ2n) is 5.96. The van der Waals surface area contributed by atoms with Crippen LogP contribution in [-0.4, -0.2) is 21.5 Å². The van der Waals surface area contributed by atoms with Crippen molar-refractivity contribution in [2.24, 2.45) is 0 Å². The van der Waals surface area contributed by atoms with Crippen LogP contribution in [0, 0.1) is 0 Å². The molecule has 0 aliphatic carbocycles. The quantitative estimate of drug-likeness (QED) is 0.568. The van der Waals surface area contributed by atoms with Crippen LogP contribution in [0.15, 0.2) is 88.2 Å². The molecular weight excluding hydrogens is 442 g/mol. The smallest absolute Gasteiger partial charge is 0.308 e. The fourth-order valence-electron chi connectivity index (χ4n) is 2.45. The number of urea groups is 1. The molecule has 0 bridgehead atoms. The summed E-state index contributed by atoms with van der Waals surface area (Å²) in [5.74, 6) is 0. The molecule has 0 atom stereocenters. The third kappa shape index (κ3) is 4.90. The van der Waals surface area contributed by atoms with E-state index in [4.69, 9.17) is 0 Å². The molecule has 8 heteroatoms. The van der Waals surface area contributed by atoms with Gasteiger partial charge in [0, 0.05) is 28.6 Å². The van der Waals surface area contributed by atoms with E-state index in [1.165, 1.54) is 17.0 Å². The van der Waals surface area contributed by atoms with E-state index in [0.717, 1.165) is 0 Å². The second-order valence-corrected chi connectivity index (χ2v) is 8.56. The molecule has 0 spiro atoms. The minimum Gasteiger partial charge on any atom is -0.308 e. The minimum atomic E-state index is -3.70. The lowest BCUT2D eigenvalue weighted by Crippen LogP contribution is -2.31. The van der Waals surface area contributed by atoms with Gasteiger partial charge >= 0.3 is 6.03 Å². The van der Waals surface area contributed by atoms with Crippen molar-refractivity contribution in [1.82, 2.24) is 0 Å². The monoisotopic (exact) mass is 459 g/mol. The van der Waals surface area contributed by atoms with Gasteiger partial charge in [0.2, 0.25) is 0 Å². The lowest BCUT2D eigenvalue weighted by atomic mass is 10.2. The average molecular weight is 460 g/mol. The summed E-state index contributed by atoms with van der Waals surface area (Å²) >= 11 is 3.27. The Balaban J connectivity index is 1.70. The number of nitrogens with one attached hydrogen (secondary N) is 2. The van der Waals surface area contributed by atoms with Crippen molar-refractivity contribution in [3.8, 4) is 0 Å². The Morgan fingerprint density at radius 2 is 1.57 bits per heavy atom. The Bertz CT molecular complexity index is 1070. The minimum absolute atomic E-state index is 0.158. The number of anilines is 3. The molecule has 28 heavy (non-hydrogen) atoms. The largest absolute Gasteiger partial charge is 0.326 e. The number of nitrogens with zero attached hydrogens (tertiary/aromatic N) is 1. The van der Waals surface area contributed by atoms with Crippen LogP contribution in [0.5, 0.6) is 0 Å². The van der Waals surface area contributed by atoms with Crippen molar-refractivity contribution in [1.29, 1.82) is 0 Å². The zero-order valence-electron chi connectivity index (χ0n) is 15.0. The molecule has 0 aliphatic heterocycles. The molecule has 144 valence electrons.